The van der Waals surface area contributed by atoms with Gasteiger partial charge in [-0.3, -0.25) is 4.79 Å². The molecule has 28 heavy (non-hydrogen) atoms. The van der Waals surface area contributed by atoms with Gasteiger partial charge in [-0.25, -0.2) is 4.79 Å². The van der Waals surface area contributed by atoms with Crippen LogP contribution in [0.4, 0.5) is 5.69 Å². The first-order valence-corrected chi connectivity index (χ1v) is 9.06. The molecule has 0 saturated carbocycles. The smallest absolute Gasteiger partial charge is 0.349 e. The summed E-state index contributed by atoms with van der Waals surface area (Å²) in [5.41, 5.74) is 4.40. The number of hydrogen-bond donors (Lipinski definition) is 1. The molecule has 0 aliphatic heterocycles. The first-order chi connectivity index (χ1) is 13.3. The highest BCUT2D eigenvalue weighted by Crippen LogP contribution is 2.17. The second-order valence-corrected chi connectivity index (χ2v) is 6.93. The van der Waals surface area contributed by atoms with Gasteiger partial charge in [0.1, 0.15) is 11.6 Å². The molecule has 0 saturated heterocycles. The quantitative estimate of drug-likeness (QED) is 0.457. The van der Waals surface area contributed by atoms with Crippen LogP contribution in [-0.4, -0.2) is 18.5 Å². The van der Waals surface area contributed by atoms with Crippen molar-refractivity contribution in [3.05, 3.63) is 70.3 Å². The van der Waals surface area contributed by atoms with Gasteiger partial charge in [0.15, 0.2) is 6.61 Å². The molecule has 0 aliphatic rings. The molecule has 2 aromatic rings. The van der Waals surface area contributed by atoms with Crippen molar-refractivity contribution in [3.63, 3.8) is 0 Å². The molecule has 0 unspecified atom stereocenters. The minimum atomic E-state index is -0.828. The zero-order valence-electron chi connectivity index (χ0n) is 16.6. The van der Waals surface area contributed by atoms with Crippen molar-refractivity contribution in [2.75, 3.05) is 11.9 Å². The average Bonchev–Trinajstić information content (AvgIpc) is 2.66. The van der Waals surface area contributed by atoms with Crippen LogP contribution in [0.25, 0.3) is 6.08 Å². The number of anilines is 1. The maximum Gasteiger partial charge on any atom is 0.349 e. The highest BCUT2D eigenvalue weighted by Gasteiger charge is 2.14. The van der Waals surface area contributed by atoms with Gasteiger partial charge in [-0.05, 0) is 48.6 Å². The molecule has 5 nitrogen and oxygen atoms in total. The van der Waals surface area contributed by atoms with Crippen LogP contribution in [0, 0.1) is 25.2 Å². The van der Waals surface area contributed by atoms with Crippen LogP contribution in [0.1, 0.15) is 42.0 Å². The van der Waals surface area contributed by atoms with E-state index in [1.54, 1.807) is 6.07 Å². The van der Waals surface area contributed by atoms with Crippen LogP contribution in [-0.2, 0) is 14.3 Å². The van der Waals surface area contributed by atoms with Gasteiger partial charge in [0.25, 0.3) is 5.91 Å². The Hall–Kier alpha value is -3.39. The Morgan fingerprint density at radius 2 is 1.82 bits per heavy atom. The van der Waals surface area contributed by atoms with Gasteiger partial charge in [0.05, 0.1) is 0 Å². The van der Waals surface area contributed by atoms with E-state index in [4.69, 9.17) is 4.74 Å². The Labute approximate surface area is 165 Å². The van der Waals surface area contributed by atoms with E-state index in [9.17, 15) is 14.9 Å². The maximum atomic E-state index is 12.1. The minimum absolute atomic E-state index is 0.156. The summed E-state index contributed by atoms with van der Waals surface area (Å²) >= 11 is 0. The van der Waals surface area contributed by atoms with Gasteiger partial charge in [-0.15, -0.1) is 0 Å². The molecular formula is C23H24N2O3. The lowest BCUT2D eigenvalue weighted by molar-refractivity contribution is -0.142. The number of carbonyl (C=O) groups excluding carboxylic acids is 2. The van der Waals surface area contributed by atoms with Crippen LogP contribution in [0.5, 0.6) is 0 Å². The van der Waals surface area contributed by atoms with E-state index < -0.39 is 18.5 Å². The van der Waals surface area contributed by atoms with E-state index in [0.717, 1.165) is 16.7 Å². The summed E-state index contributed by atoms with van der Waals surface area (Å²) in [6, 6.07) is 15.0. The Balaban J connectivity index is 1.97. The predicted molar refractivity (Wildman–Crippen MR) is 110 cm³/mol. The van der Waals surface area contributed by atoms with E-state index in [1.807, 2.05) is 56.3 Å². The van der Waals surface area contributed by atoms with E-state index in [0.29, 0.717) is 11.6 Å². The average molecular weight is 376 g/mol. The number of nitrogens with zero attached hydrogens (tertiary/aromatic N) is 1. The van der Waals surface area contributed by atoms with Crippen LogP contribution in [0.2, 0.25) is 0 Å². The van der Waals surface area contributed by atoms with Crippen molar-refractivity contribution in [1.82, 2.24) is 0 Å². The molecule has 0 bridgehead atoms. The largest absolute Gasteiger partial charge is 0.451 e. The number of carbonyl (C=O) groups is 2. The molecule has 0 fully saturated rings. The third kappa shape index (κ3) is 5.82. The first-order valence-electron chi connectivity index (χ1n) is 9.06. The van der Waals surface area contributed by atoms with E-state index in [1.165, 1.54) is 11.6 Å². The summed E-state index contributed by atoms with van der Waals surface area (Å²) in [7, 11) is 0. The molecule has 1 amide bonds. The number of hydrogen-bond acceptors (Lipinski definition) is 4. The molecule has 0 spiro atoms. The minimum Gasteiger partial charge on any atom is -0.451 e. The van der Waals surface area contributed by atoms with Crippen LogP contribution in [0.3, 0.4) is 0 Å². The van der Waals surface area contributed by atoms with Crippen molar-refractivity contribution >= 4 is 23.6 Å². The third-order valence-electron chi connectivity index (χ3n) is 4.24. The molecule has 2 aromatic carbocycles. The van der Waals surface area contributed by atoms with Crippen molar-refractivity contribution in [1.29, 1.82) is 5.26 Å². The summed E-state index contributed by atoms with van der Waals surface area (Å²) in [6.07, 6.45) is 1.45. The second kappa shape index (κ2) is 9.52. The third-order valence-corrected chi connectivity index (χ3v) is 4.24. The van der Waals surface area contributed by atoms with Crippen molar-refractivity contribution in [2.24, 2.45) is 0 Å². The fourth-order valence-electron chi connectivity index (χ4n) is 2.63. The predicted octanol–water partition coefficient (Wildman–Crippen LogP) is 4.52. The Morgan fingerprint density at radius 1 is 1.14 bits per heavy atom. The number of ether oxygens (including phenoxy) is 1. The Kier molecular flexibility index (Phi) is 7.11. The molecule has 0 heterocycles. The molecule has 0 aliphatic carbocycles. The standard InChI is InChI=1S/C23H24N2O3/c1-15(2)19-8-6-18(7-9-19)12-20(13-24)23(27)28-14-22(26)25-21-10-5-16(3)11-17(21)4/h5-12,15H,14H2,1-4H3,(H,25,26)/b20-12+. The topological polar surface area (TPSA) is 79.2 Å². The summed E-state index contributed by atoms with van der Waals surface area (Å²) in [6.45, 7) is 7.57. The molecular weight excluding hydrogens is 352 g/mol. The van der Waals surface area contributed by atoms with Crippen molar-refractivity contribution in [3.8, 4) is 6.07 Å². The maximum absolute atomic E-state index is 12.1. The number of aryl methyl sites for hydroxylation is 2. The number of nitriles is 1. The van der Waals surface area contributed by atoms with Crippen molar-refractivity contribution in [2.45, 2.75) is 33.6 Å². The monoisotopic (exact) mass is 376 g/mol. The zero-order valence-corrected chi connectivity index (χ0v) is 16.6. The van der Waals surface area contributed by atoms with Gasteiger partial charge in [0, 0.05) is 5.69 Å². The van der Waals surface area contributed by atoms with E-state index in [-0.39, 0.29) is 5.57 Å². The molecule has 0 aromatic heterocycles. The zero-order chi connectivity index (χ0) is 20.7. The number of amides is 1. The molecule has 5 heteroatoms. The van der Waals surface area contributed by atoms with Gasteiger partial charge >= 0.3 is 5.97 Å². The molecule has 1 N–H and O–H groups in total. The number of nitrogens with one attached hydrogen (secondary N) is 1. The summed E-state index contributed by atoms with van der Waals surface area (Å²) in [5, 5.41) is 11.9. The normalized spacial score (nSPS) is 11.1. The van der Waals surface area contributed by atoms with Crippen LogP contribution >= 0.6 is 0 Å². The molecule has 0 atom stereocenters. The second-order valence-electron chi connectivity index (χ2n) is 6.93. The fraction of sp³-hybridized carbons (Fsp3) is 0.261. The fourth-order valence-corrected chi connectivity index (χ4v) is 2.63. The van der Waals surface area contributed by atoms with Gasteiger partial charge in [-0.2, -0.15) is 5.26 Å². The van der Waals surface area contributed by atoms with Gasteiger partial charge in [0.2, 0.25) is 0 Å². The Bertz CT molecular complexity index is 935. The Morgan fingerprint density at radius 3 is 2.39 bits per heavy atom. The number of benzene rings is 2. The van der Waals surface area contributed by atoms with Gasteiger partial charge in [-0.1, -0.05) is 55.8 Å². The molecule has 144 valence electrons. The summed E-state index contributed by atoms with van der Waals surface area (Å²) in [5.74, 6) is -0.890. The van der Waals surface area contributed by atoms with Gasteiger partial charge < -0.3 is 10.1 Å². The lowest BCUT2D eigenvalue weighted by Crippen LogP contribution is -2.21. The summed E-state index contributed by atoms with van der Waals surface area (Å²) in [4.78, 5) is 24.2. The number of esters is 1. The lowest BCUT2D eigenvalue weighted by Gasteiger charge is -2.09. The lowest BCUT2D eigenvalue weighted by atomic mass is 10.0. The molecule has 0 radical (unpaired) electrons. The SMILES string of the molecule is Cc1ccc(NC(=O)COC(=O)/C(C#N)=C/c2ccc(C(C)C)cc2)c(C)c1. The highest BCUT2D eigenvalue weighted by molar-refractivity contribution is 6.00. The van der Waals surface area contributed by atoms with Crippen LogP contribution < -0.4 is 5.32 Å². The number of rotatable bonds is 6. The van der Waals surface area contributed by atoms with Crippen molar-refractivity contribution < 1.29 is 14.3 Å². The van der Waals surface area contributed by atoms with E-state index in [2.05, 4.69) is 19.2 Å². The first kappa shape index (κ1) is 20.9. The van der Waals surface area contributed by atoms with E-state index >= 15 is 0 Å². The van der Waals surface area contributed by atoms with Crippen LogP contribution in [0.15, 0.2) is 48.0 Å². The summed E-state index contributed by atoms with van der Waals surface area (Å²) < 4.78 is 4.99. The highest BCUT2D eigenvalue weighted by atomic mass is 16.5. The molecule has 2 rings (SSSR count).